The Kier molecular flexibility index (Phi) is 7.18. The Morgan fingerprint density at radius 1 is 1.24 bits per heavy atom. The predicted octanol–water partition coefficient (Wildman–Crippen LogP) is 2.39. The first kappa shape index (κ1) is 18.7. The van der Waals surface area contributed by atoms with Crippen LogP contribution in [0.1, 0.15) is 38.5 Å². The van der Waals surface area contributed by atoms with E-state index in [-0.39, 0.29) is 30.7 Å². The van der Waals surface area contributed by atoms with Gasteiger partial charge in [0.05, 0.1) is 4.92 Å². The monoisotopic (exact) mass is 349 g/mol. The van der Waals surface area contributed by atoms with Crippen LogP contribution < -0.4 is 10.6 Å². The number of carbonyl (C=O) groups is 2. The van der Waals surface area contributed by atoms with Gasteiger partial charge in [0.2, 0.25) is 0 Å². The fourth-order valence-electron chi connectivity index (χ4n) is 2.80. The van der Waals surface area contributed by atoms with E-state index in [9.17, 15) is 19.7 Å². The SMILES string of the molecule is O=C(COC(=O)CCCNc1ccccc1[N+](=O)[O-])NC1CCCC1. The van der Waals surface area contributed by atoms with E-state index in [0.717, 1.165) is 25.7 Å². The van der Waals surface area contributed by atoms with Crippen LogP contribution in [0, 0.1) is 10.1 Å². The van der Waals surface area contributed by atoms with E-state index < -0.39 is 10.9 Å². The number of amides is 1. The second-order valence-corrected chi connectivity index (χ2v) is 6.01. The van der Waals surface area contributed by atoms with Crippen LogP contribution in [0.4, 0.5) is 11.4 Å². The molecule has 1 aromatic carbocycles. The summed E-state index contributed by atoms with van der Waals surface area (Å²) in [6.45, 7) is 0.140. The number of nitro groups is 1. The molecular formula is C17H23N3O5. The van der Waals surface area contributed by atoms with Crippen LogP contribution >= 0.6 is 0 Å². The summed E-state index contributed by atoms with van der Waals surface area (Å²) in [5.41, 5.74) is 0.408. The van der Waals surface area contributed by atoms with Gasteiger partial charge in [0.25, 0.3) is 11.6 Å². The Hall–Kier alpha value is -2.64. The summed E-state index contributed by atoms with van der Waals surface area (Å²) in [5.74, 6) is -0.718. The summed E-state index contributed by atoms with van der Waals surface area (Å²) >= 11 is 0. The highest BCUT2D eigenvalue weighted by atomic mass is 16.6. The van der Waals surface area contributed by atoms with Gasteiger partial charge in [-0.05, 0) is 25.3 Å². The molecule has 1 aliphatic rings. The number of rotatable bonds is 9. The Labute approximate surface area is 146 Å². The van der Waals surface area contributed by atoms with E-state index in [2.05, 4.69) is 10.6 Å². The number of carbonyl (C=O) groups excluding carboxylic acids is 2. The highest BCUT2D eigenvalue weighted by Gasteiger charge is 2.17. The maximum absolute atomic E-state index is 11.7. The zero-order valence-electron chi connectivity index (χ0n) is 14.0. The lowest BCUT2D eigenvalue weighted by atomic mass is 10.2. The average Bonchev–Trinajstić information content (AvgIpc) is 3.10. The Morgan fingerprint density at radius 3 is 2.68 bits per heavy atom. The highest BCUT2D eigenvalue weighted by molar-refractivity contribution is 5.80. The van der Waals surface area contributed by atoms with Crippen LogP contribution in [-0.2, 0) is 14.3 Å². The maximum atomic E-state index is 11.7. The van der Waals surface area contributed by atoms with Gasteiger partial charge in [-0.3, -0.25) is 19.7 Å². The van der Waals surface area contributed by atoms with Crippen molar-refractivity contribution in [3.8, 4) is 0 Å². The average molecular weight is 349 g/mol. The maximum Gasteiger partial charge on any atom is 0.306 e. The van der Waals surface area contributed by atoms with Gasteiger partial charge in [0.1, 0.15) is 5.69 Å². The van der Waals surface area contributed by atoms with Crippen molar-refractivity contribution in [2.75, 3.05) is 18.5 Å². The molecule has 1 saturated carbocycles. The van der Waals surface area contributed by atoms with Gasteiger partial charge in [-0.1, -0.05) is 25.0 Å². The number of para-hydroxylation sites is 2. The highest BCUT2D eigenvalue weighted by Crippen LogP contribution is 2.23. The summed E-state index contributed by atoms with van der Waals surface area (Å²) in [4.78, 5) is 33.7. The van der Waals surface area contributed by atoms with Crippen molar-refractivity contribution in [2.24, 2.45) is 0 Å². The number of anilines is 1. The molecule has 2 rings (SSSR count). The van der Waals surface area contributed by atoms with Crippen molar-refractivity contribution in [3.63, 3.8) is 0 Å². The molecule has 25 heavy (non-hydrogen) atoms. The number of ether oxygens (including phenoxy) is 1. The zero-order chi connectivity index (χ0) is 18.1. The Balaban J connectivity index is 1.60. The third-order valence-electron chi connectivity index (χ3n) is 4.06. The lowest BCUT2D eigenvalue weighted by molar-refractivity contribution is -0.384. The molecule has 1 aromatic rings. The summed E-state index contributed by atoms with van der Waals surface area (Å²) in [5, 5.41) is 16.7. The van der Waals surface area contributed by atoms with E-state index >= 15 is 0 Å². The molecule has 0 heterocycles. The van der Waals surface area contributed by atoms with Crippen molar-refractivity contribution in [1.29, 1.82) is 0 Å². The zero-order valence-corrected chi connectivity index (χ0v) is 14.0. The number of hydrogen-bond acceptors (Lipinski definition) is 6. The van der Waals surface area contributed by atoms with E-state index in [4.69, 9.17) is 4.74 Å². The van der Waals surface area contributed by atoms with E-state index in [1.165, 1.54) is 6.07 Å². The molecule has 2 N–H and O–H groups in total. The number of esters is 1. The Bertz CT molecular complexity index is 614. The molecule has 1 amide bonds. The van der Waals surface area contributed by atoms with Crippen molar-refractivity contribution in [2.45, 2.75) is 44.6 Å². The summed E-state index contributed by atoms with van der Waals surface area (Å²) < 4.78 is 4.94. The van der Waals surface area contributed by atoms with Crippen molar-refractivity contribution >= 4 is 23.3 Å². The lowest BCUT2D eigenvalue weighted by Gasteiger charge is -2.12. The fourth-order valence-corrected chi connectivity index (χ4v) is 2.80. The van der Waals surface area contributed by atoms with Gasteiger partial charge in [0, 0.05) is 25.1 Å². The van der Waals surface area contributed by atoms with E-state index in [0.29, 0.717) is 18.7 Å². The first-order valence-corrected chi connectivity index (χ1v) is 8.48. The summed E-state index contributed by atoms with van der Waals surface area (Å²) in [7, 11) is 0. The van der Waals surface area contributed by atoms with Crippen molar-refractivity contribution < 1.29 is 19.2 Å². The normalized spacial score (nSPS) is 14.1. The molecule has 1 aliphatic carbocycles. The molecule has 136 valence electrons. The standard InChI is InChI=1S/C17H23N3O5/c21-16(19-13-6-1-2-7-13)12-25-17(22)10-5-11-18-14-8-3-4-9-15(14)20(23)24/h3-4,8-9,13,18H,1-2,5-7,10-12H2,(H,19,21). The molecular weight excluding hydrogens is 326 g/mol. The minimum absolute atomic E-state index is 0.00587. The topological polar surface area (TPSA) is 111 Å². The molecule has 0 bridgehead atoms. The first-order valence-electron chi connectivity index (χ1n) is 8.48. The Morgan fingerprint density at radius 2 is 1.96 bits per heavy atom. The quantitative estimate of drug-likeness (QED) is 0.306. The second-order valence-electron chi connectivity index (χ2n) is 6.01. The largest absolute Gasteiger partial charge is 0.456 e. The second kappa shape index (κ2) is 9.61. The van der Waals surface area contributed by atoms with Crippen LogP contribution in [0.25, 0.3) is 0 Å². The minimum atomic E-state index is -0.459. The molecule has 8 nitrogen and oxygen atoms in total. The smallest absolute Gasteiger partial charge is 0.306 e. The van der Waals surface area contributed by atoms with Crippen molar-refractivity contribution in [3.05, 3.63) is 34.4 Å². The molecule has 8 heteroatoms. The number of hydrogen-bond donors (Lipinski definition) is 2. The first-order chi connectivity index (χ1) is 12.1. The van der Waals surface area contributed by atoms with Gasteiger partial charge in [-0.15, -0.1) is 0 Å². The molecule has 0 saturated heterocycles. The fraction of sp³-hybridized carbons (Fsp3) is 0.529. The molecule has 1 fully saturated rings. The number of benzene rings is 1. The minimum Gasteiger partial charge on any atom is -0.456 e. The number of nitro benzene ring substituents is 1. The van der Waals surface area contributed by atoms with Crippen molar-refractivity contribution in [1.82, 2.24) is 5.32 Å². The van der Waals surface area contributed by atoms with Crippen LogP contribution in [0.2, 0.25) is 0 Å². The van der Waals surface area contributed by atoms with Gasteiger partial charge >= 0.3 is 5.97 Å². The number of nitrogens with zero attached hydrogens (tertiary/aromatic N) is 1. The third-order valence-corrected chi connectivity index (χ3v) is 4.06. The van der Waals surface area contributed by atoms with Gasteiger partial charge < -0.3 is 15.4 Å². The van der Waals surface area contributed by atoms with E-state index in [1.807, 2.05) is 0 Å². The van der Waals surface area contributed by atoms with Gasteiger partial charge in [0.15, 0.2) is 6.61 Å². The summed E-state index contributed by atoms with van der Waals surface area (Å²) in [6, 6.07) is 6.53. The van der Waals surface area contributed by atoms with Crippen LogP contribution in [0.3, 0.4) is 0 Å². The molecule has 0 aromatic heterocycles. The molecule has 0 aliphatic heterocycles. The van der Waals surface area contributed by atoms with E-state index in [1.54, 1.807) is 18.2 Å². The van der Waals surface area contributed by atoms with Crippen LogP contribution in [0.5, 0.6) is 0 Å². The third kappa shape index (κ3) is 6.40. The van der Waals surface area contributed by atoms with Gasteiger partial charge in [-0.2, -0.15) is 0 Å². The molecule has 0 unspecified atom stereocenters. The lowest BCUT2D eigenvalue weighted by Crippen LogP contribution is -2.35. The van der Waals surface area contributed by atoms with Crippen LogP contribution in [0.15, 0.2) is 24.3 Å². The molecule has 0 atom stereocenters. The molecule has 0 spiro atoms. The van der Waals surface area contributed by atoms with Crippen LogP contribution in [-0.4, -0.2) is 36.0 Å². The number of nitrogens with one attached hydrogen (secondary N) is 2. The van der Waals surface area contributed by atoms with Gasteiger partial charge in [-0.25, -0.2) is 0 Å². The summed E-state index contributed by atoms with van der Waals surface area (Å²) in [6.07, 6.45) is 4.81. The predicted molar refractivity (Wildman–Crippen MR) is 92.2 cm³/mol. The molecule has 0 radical (unpaired) electrons.